The molecule has 1 N–H and O–H groups in total. The van der Waals surface area contributed by atoms with Crippen LogP contribution in [0.1, 0.15) is 6.92 Å². The summed E-state index contributed by atoms with van der Waals surface area (Å²) in [6.07, 6.45) is 1.77. The summed E-state index contributed by atoms with van der Waals surface area (Å²) in [5.74, 6) is 0. The average molecular weight is 203 g/mol. The maximum Gasteiger partial charge on any atom is 0.171 e. The van der Waals surface area contributed by atoms with Crippen molar-refractivity contribution in [1.82, 2.24) is 0 Å². The van der Waals surface area contributed by atoms with Crippen LogP contribution in [0.2, 0.25) is 32.7 Å². The number of nitrogens with zero attached hydrogens (tertiary/aromatic N) is 1. The van der Waals surface area contributed by atoms with Gasteiger partial charge in [-0.15, -0.1) is 0 Å². The van der Waals surface area contributed by atoms with Gasteiger partial charge in [-0.25, -0.2) is 0 Å². The Kier molecular flexibility index (Phi) is 3.87. The van der Waals surface area contributed by atoms with Gasteiger partial charge in [-0.3, -0.25) is 0 Å². The highest BCUT2D eigenvalue weighted by Gasteiger charge is 2.24. The molecule has 0 fully saturated rings. The van der Waals surface area contributed by atoms with Crippen LogP contribution in [0.15, 0.2) is 4.66 Å². The molecule has 0 aliphatic heterocycles. The smallest absolute Gasteiger partial charge is 0.171 e. The van der Waals surface area contributed by atoms with E-state index in [1.54, 1.807) is 6.21 Å². The summed E-state index contributed by atoms with van der Waals surface area (Å²) in [5.41, 5.74) is 0. The van der Waals surface area contributed by atoms with Crippen LogP contribution in [0, 0.1) is 0 Å². The third-order valence-corrected chi connectivity index (χ3v) is 5.27. The van der Waals surface area contributed by atoms with Crippen LogP contribution in [0.5, 0.6) is 0 Å². The maximum absolute atomic E-state index is 9.89. The van der Waals surface area contributed by atoms with Crippen molar-refractivity contribution >= 4 is 23.2 Å². The Bertz CT molecular complexity index is 170. The Morgan fingerprint density at radius 1 is 1.33 bits per heavy atom. The highest BCUT2D eigenvalue weighted by molar-refractivity contribution is 6.75. The van der Waals surface area contributed by atoms with Crippen molar-refractivity contribution in [3.05, 3.63) is 0 Å². The van der Waals surface area contributed by atoms with Crippen molar-refractivity contribution < 1.29 is 5.11 Å². The highest BCUT2D eigenvalue weighted by Crippen LogP contribution is 2.08. The summed E-state index contributed by atoms with van der Waals surface area (Å²) in [5, 5.41) is 9.28. The predicted octanol–water partition coefficient (Wildman–Crippen LogP) is 1.67. The van der Waals surface area contributed by atoms with Gasteiger partial charge in [-0.05, 0) is 26.6 Å². The van der Waals surface area contributed by atoms with Crippen LogP contribution in [0.4, 0.5) is 0 Å². The molecule has 0 aromatic heterocycles. The molecule has 0 aliphatic carbocycles. The molecule has 0 heterocycles. The van der Waals surface area contributed by atoms with Crippen LogP contribution >= 0.6 is 0 Å². The Morgan fingerprint density at radius 3 is 2.00 bits per heavy atom. The van der Waals surface area contributed by atoms with E-state index in [-0.39, 0.29) is 0 Å². The van der Waals surface area contributed by atoms with E-state index >= 15 is 0 Å². The van der Waals surface area contributed by atoms with Gasteiger partial charge in [0.15, 0.2) is 8.24 Å². The minimum atomic E-state index is -1.38. The van der Waals surface area contributed by atoms with Crippen LogP contribution in [0.25, 0.3) is 0 Å². The van der Waals surface area contributed by atoms with E-state index in [1.165, 1.54) is 0 Å². The molecule has 0 aromatic rings. The molecule has 0 saturated heterocycles. The second-order valence-electron chi connectivity index (χ2n) is 4.81. The maximum atomic E-state index is 9.89. The highest BCUT2D eigenvalue weighted by atomic mass is 28.3. The monoisotopic (exact) mass is 203 g/mol. The zero-order valence-corrected chi connectivity index (χ0v) is 11.2. The van der Waals surface area contributed by atoms with E-state index in [0.717, 1.165) is 0 Å². The van der Waals surface area contributed by atoms with Gasteiger partial charge in [-0.1, -0.05) is 13.1 Å². The molecule has 0 saturated carbocycles. The van der Waals surface area contributed by atoms with E-state index in [0.29, 0.717) is 0 Å². The number of hydrogen-bond acceptors (Lipinski definition) is 2. The summed E-state index contributed by atoms with van der Waals surface area (Å²) < 4.78 is 4.45. The van der Waals surface area contributed by atoms with Crippen molar-refractivity contribution in [3.63, 3.8) is 0 Å². The molecule has 0 bridgehead atoms. The lowest BCUT2D eigenvalue weighted by Crippen LogP contribution is -2.41. The molecule has 0 aliphatic rings. The SMILES string of the molecule is C[SiH](C)C(C)(O)C=N[Si](C)(C)C. The molecule has 0 amide bonds. The molecule has 0 radical (unpaired) electrons. The first-order chi connectivity index (χ1) is 5.15. The minimum Gasteiger partial charge on any atom is -0.389 e. The lowest BCUT2D eigenvalue weighted by molar-refractivity contribution is 0.217. The van der Waals surface area contributed by atoms with Gasteiger partial charge >= 0.3 is 0 Å². The van der Waals surface area contributed by atoms with Crippen molar-refractivity contribution in [2.75, 3.05) is 0 Å². The standard InChI is InChI=1S/C8H21NOSi2/c1-8(10,11(2)3)7-9-12(4,5)6/h7,10-11H,1-6H3. The molecule has 1 unspecified atom stereocenters. The van der Waals surface area contributed by atoms with Crippen LogP contribution < -0.4 is 0 Å². The van der Waals surface area contributed by atoms with Crippen LogP contribution in [-0.4, -0.2) is 33.6 Å². The predicted molar refractivity (Wildman–Crippen MR) is 61.3 cm³/mol. The topological polar surface area (TPSA) is 32.6 Å². The summed E-state index contributed by atoms with van der Waals surface area (Å²) in [7, 11) is -2.42. The molecule has 12 heavy (non-hydrogen) atoms. The Hall–Kier alpha value is 0.0638. The summed E-state index contributed by atoms with van der Waals surface area (Å²) in [6.45, 7) is 12.6. The molecule has 4 heteroatoms. The van der Waals surface area contributed by atoms with Crippen molar-refractivity contribution in [2.24, 2.45) is 4.66 Å². The Morgan fingerprint density at radius 2 is 1.75 bits per heavy atom. The molecular weight excluding hydrogens is 182 g/mol. The number of aliphatic hydroxyl groups is 1. The van der Waals surface area contributed by atoms with Gasteiger partial charge in [0.25, 0.3) is 0 Å². The Balaban J connectivity index is 4.34. The van der Waals surface area contributed by atoms with E-state index in [1.807, 2.05) is 6.92 Å². The molecule has 1 atom stereocenters. The van der Waals surface area contributed by atoms with Crippen molar-refractivity contribution in [3.8, 4) is 0 Å². The van der Waals surface area contributed by atoms with Gasteiger partial charge in [0.1, 0.15) is 0 Å². The molecule has 72 valence electrons. The van der Waals surface area contributed by atoms with Gasteiger partial charge in [0.05, 0.1) is 14.0 Å². The summed E-state index contributed by atoms with van der Waals surface area (Å²) >= 11 is 0. The second kappa shape index (κ2) is 3.85. The largest absolute Gasteiger partial charge is 0.389 e. The molecule has 0 spiro atoms. The average Bonchev–Trinajstić information content (AvgIpc) is 1.82. The second-order valence-corrected chi connectivity index (χ2v) is 12.9. The quantitative estimate of drug-likeness (QED) is 0.549. The van der Waals surface area contributed by atoms with E-state index in [4.69, 9.17) is 0 Å². The lowest BCUT2D eigenvalue weighted by atomic mass is 10.4. The lowest BCUT2D eigenvalue weighted by Gasteiger charge is -2.23. The van der Waals surface area contributed by atoms with E-state index in [2.05, 4.69) is 37.4 Å². The zero-order valence-electron chi connectivity index (χ0n) is 9.05. The molecule has 0 rings (SSSR count). The van der Waals surface area contributed by atoms with Gasteiger partial charge in [-0.2, -0.15) is 0 Å². The fraction of sp³-hybridized carbons (Fsp3) is 0.875. The summed E-state index contributed by atoms with van der Waals surface area (Å²) in [6, 6.07) is 0. The first kappa shape index (κ1) is 12.1. The van der Waals surface area contributed by atoms with Crippen LogP contribution in [-0.2, 0) is 0 Å². The summed E-state index contributed by atoms with van der Waals surface area (Å²) in [4.78, 5) is 0. The third-order valence-electron chi connectivity index (χ3n) is 1.88. The first-order valence-corrected chi connectivity index (χ1v) is 10.8. The van der Waals surface area contributed by atoms with Gasteiger partial charge < -0.3 is 9.76 Å². The normalized spacial score (nSPS) is 18.7. The van der Waals surface area contributed by atoms with Crippen molar-refractivity contribution in [2.45, 2.75) is 44.9 Å². The zero-order chi connectivity index (χ0) is 9.99. The number of rotatable bonds is 3. The van der Waals surface area contributed by atoms with Gasteiger partial charge in [0.2, 0.25) is 0 Å². The number of hydrogen-bond donors (Lipinski definition) is 1. The molecule has 0 aromatic carbocycles. The molecule has 2 nitrogen and oxygen atoms in total. The fourth-order valence-corrected chi connectivity index (χ4v) is 1.64. The minimum absolute atomic E-state index is 0.611. The van der Waals surface area contributed by atoms with E-state index < -0.39 is 22.3 Å². The van der Waals surface area contributed by atoms with Gasteiger partial charge in [0, 0.05) is 6.21 Å². The first-order valence-electron chi connectivity index (χ1n) is 4.44. The Labute approximate surface area is 78.4 Å². The van der Waals surface area contributed by atoms with E-state index in [9.17, 15) is 5.11 Å². The molecular formula is C8H21NOSi2. The van der Waals surface area contributed by atoms with Crippen LogP contribution in [0.3, 0.4) is 0 Å². The third kappa shape index (κ3) is 4.84. The van der Waals surface area contributed by atoms with Crippen molar-refractivity contribution in [1.29, 1.82) is 0 Å². The fourth-order valence-electron chi connectivity index (χ4n) is 0.473.